The van der Waals surface area contributed by atoms with Crippen LogP contribution < -0.4 is 0 Å². The molecule has 0 amide bonds. The van der Waals surface area contributed by atoms with Crippen molar-refractivity contribution in [1.29, 1.82) is 0 Å². The van der Waals surface area contributed by atoms with Gasteiger partial charge in [0.05, 0.1) is 5.60 Å². The van der Waals surface area contributed by atoms with Gasteiger partial charge < -0.3 is 15.1 Å². The molecule has 4 nitrogen and oxygen atoms in total. The maximum absolute atomic E-state index is 12.6. The summed E-state index contributed by atoms with van der Waals surface area (Å²) in [5, 5.41) is 21.8. The topological polar surface area (TPSA) is 60.8 Å². The van der Waals surface area contributed by atoms with E-state index in [2.05, 4.69) is 11.9 Å². The molecule has 2 unspecified atom stereocenters. The molecule has 2 aliphatic rings. The average Bonchev–Trinajstić information content (AvgIpc) is 3.01. The molecule has 4 heteroatoms. The molecule has 2 atom stereocenters. The summed E-state index contributed by atoms with van der Waals surface area (Å²) in [6.45, 7) is 1.99. The van der Waals surface area contributed by atoms with Crippen LogP contribution in [-0.2, 0) is 10.2 Å². The minimum atomic E-state index is -1.20. The molecule has 1 heterocycles. The van der Waals surface area contributed by atoms with E-state index in [0.717, 1.165) is 44.3 Å². The fourth-order valence-corrected chi connectivity index (χ4v) is 4.97. The van der Waals surface area contributed by atoms with E-state index in [1.54, 1.807) is 0 Å². The Morgan fingerprint density at radius 3 is 2.50 bits per heavy atom. The Bertz CT molecular complexity index is 568. The highest BCUT2D eigenvalue weighted by molar-refractivity contribution is 5.83. The fourth-order valence-electron chi connectivity index (χ4n) is 4.97. The van der Waals surface area contributed by atoms with Gasteiger partial charge in [-0.3, -0.25) is 4.79 Å². The number of carboxylic acids is 1. The molecule has 0 bridgehead atoms. The first-order chi connectivity index (χ1) is 11.5. The number of likely N-dealkylation sites (tertiary alicyclic amines) is 1. The lowest BCUT2D eigenvalue weighted by molar-refractivity contribution is -0.159. The van der Waals surface area contributed by atoms with Gasteiger partial charge in [0, 0.05) is 6.54 Å². The number of aliphatic carboxylic acids is 1. The highest BCUT2D eigenvalue weighted by atomic mass is 16.4. The Labute approximate surface area is 144 Å². The SMILES string of the molecule is CN1CCCC(CC(C(=O)O)(c2ccccc2)C2(O)CCCC2)C1. The number of nitrogens with zero attached hydrogens (tertiary/aromatic N) is 1. The van der Waals surface area contributed by atoms with Gasteiger partial charge in [-0.2, -0.15) is 0 Å². The first-order valence-electron chi connectivity index (χ1n) is 9.18. The van der Waals surface area contributed by atoms with Crippen molar-refractivity contribution in [2.24, 2.45) is 5.92 Å². The quantitative estimate of drug-likeness (QED) is 0.870. The van der Waals surface area contributed by atoms with Gasteiger partial charge in [0.15, 0.2) is 0 Å². The summed E-state index contributed by atoms with van der Waals surface area (Å²) in [6, 6.07) is 9.45. The molecular weight excluding hydrogens is 302 g/mol. The van der Waals surface area contributed by atoms with Crippen molar-refractivity contribution in [2.75, 3.05) is 20.1 Å². The normalized spacial score (nSPS) is 26.8. The van der Waals surface area contributed by atoms with Crippen LogP contribution in [0.4, 0.5) is 0 Å². The zero-order valence-electron chi connectivity index (χ0n) is 14.6. The van der Waals surface area contributed by atoms with Gasteiger partial charge in [-0.1, -0.05) is 43.2 Å². The van der Waals surface area contributed by atoms with Crippen LogP contribution in [0.5, 0.6) is 0 Å². The van der Waals surface area contributed by atoms with Crippen molar-refractivity contribution in [3.8, 4) is 0 Å². The van der Waals surface area contributed by atoms with Gasteiger partial charge in [-0.05, 0) is 57.2 Å². The van der Waals surface area contributed by atoms with Crippen molar-refractivity contribution >= 4 is 5.97 Å². The molecular formula is C20H29NO3. The summed E-state index contributed by atoms with van der Waals surface area (Å²) in [7, 11) is 2.10. The van der Waals surface area contributed by atoms with Crippen LogP contribution in [0.3, 0.4) is 0 Å². The molecule has 132 valence electrons. The summed E-state index contributed by atoms with van der Waals surface area (Å²) in [5.74, 6) is -0.559. The summed E-state index contributed by atoms with van der Waals surface area (Å²) >= 11 is 0. The van der Waals surface area contributed by atoms with Gasteiger partial charge in [0.1, 0.15) is 5.41 Å². The van der Waals surface area contributed by atoms with E-state index in [1.807, 2.05) is 30.3 Å². The first-order valence-corrected chi connectivity index (χ1v) is 9.18. The predicted molar refractivity (Wildman–Crippen MR) is 94.0 cm³/mol. The highest BCUT2D eigenvalue weighted by Crippen LogP contribution is 2.50. The van der Waals surface area contributed by atoms with Crippen LogP contribution in [0, 0.1) is 5.92 Å². The zero-order chi connectivity index (χ0) is 17.2. The number of carbonyl (C=O) groups is 1. The smallest absolute Gasteiger partial charge is 0.317 e. The second-order valence-corrected chi connectivity index (χ2v) is 7.79. The van der Waals surface area contributed by atoms with Crippen molar-refractivity contribution in [3.63, 3.8) is 0 Å². The van der Waals surface area contributed by atoms with Crippen LogP contribution >= 0.6 is 0 Å². The third-order valence-electron chi connectivity index (χ3n) is 6.17. The molecule has 1 aliphatic carbocycles. The molecule has 3 rings (SSSR count). The van der Waals surface area contributed by atoms with Gasteiger partial charge >= 0.3 is 5.97 Å². The molecule has 24 heavy (non-hydrogen) atoms. The molecule has 0 aromatic heterocycles. The molecule has 1 aromatic carbocycles. The molecule has 1 saturated carbocycles. The lowest BCUT2D eigenvalue weighted by atomic mass is 9.61. The second kappa shape index (κ2) is 6.85. The van der Waals surface area contributed by atoms with Crippen molar-refractivity contribution < 1.29 is 15.0 Å². The largest absolute Gasteiger partial charge is 0.480 e. The molecule has 1 saturated heterocycles. The number of piperidine rings is 1. The average molecular weight is 331 g/mol. The summed E-state index contributed by atoms with van der Waals surface area (Å²) in [4.78, 5) is 14.9. The minimum absolute atomic E-state index is 0.310. The number of rotatable bonds is 5. The summed E-state index contributed by atoms with van der Waals surface area (Å²) < 4.78 is 0. The van der Waals surface area contributed by atoms with E-state index in [-0.39, 0.29) is 0 Å². The van der Waals surface area contributed by atoms with E-state index < -0.39 is 17.0 Å². The molecule has 1 aromatic rings. The Hall–Kier alpha value is -1.39. The fraction of sp³-hybridized carbons (Fsp3) is 0.650. The molecule has 2 N–H and O–H groups in total. The maximum Gasteiger partial charge on any atom is 0.317 e. The lowest BCUT2D eigenvalue weighted by Gasteiger charge is -2.45. The minimum Gasteiger partial charge on any atom is -0.480 e. The number of benzene rings is 1. The van der Waals surface area contributed by atoms with Crippen molar-refractivity contribution in [2.45, 2.75) is 56.0 Å². The number of aliphatic hydroxyl groups is 1. The number of hydrogen-bond donors (Lipinski definition) is 2. The van der Waals surface area contributed by atoms with Crippen molar-refractivity contribution in [1.82, 2.24) is 4.90 Å². The van der Waals surface area contributed by atoms with E-state index in [0.29, 0.717) is 25.2 Å². The van der Waals surface area contributed by atoms with Crippen LogP contribution in [0.2, 0.25) is 0 Å². The van der Waals surface area contributed by atoms with Gasteiger partial charge in [-0.25, -0.2) is 0 Å². The standard InChI is InChI=1S/C20H29NO3/c1-21-13-7-8-16(15-21)14-20(18(22)23,17-9-3-2-4-10-17)19(24)11-5-6-12-19/h2-4,9-10,16,24H,5-8,11-15H2,1H3,(H,22,23). The van der Waals surface area contributed by atoms with E-state index in [4.69, 9.17) is 0 Å². The molecule has 0 spiro atoms. The van der Waals surface area contributed by atoms with Crippen LogP contribution in [-0.4, -0.2) is 46.8 Å². The van der Waals surface area contributed by atoms with Crippen LogP contribution in [0.25, 0.3) is 0 Å². The first kappa shape index (κ1) is 17.4. The summed E-state index contributed by atoms with van der Waals surface area (Å²) in [5.41, 5.74) is -1.58. The molecule has 1 aliphatic heterocycles. The number of hydrogen-bond acceptors (Lipinski definition) is 3. The van der Waals surface area contributed by atoms with Crippen LogP contribution in [0.15, 0.2) is 30.3 Å². The van der Waals surface area contributed by atoms with E-state index in [9.17, 15) is 15.0 Å². The second-order valence-electron chi connectivity index (χ2n) is 7.79. The van der Waals surface area contributed by atoms with Crippen LogP contribution in [0.1, 0.15) is 50.5 Å². The monoisotopic (exact) mass is 331 g/mol. The molecule has 2 fully saturated rings. The zero-order valence-corrected chi connectivity index (χ0v) is 14.6. The highest BCUT2D eigenvalue weighted by Gasteiger charge is 2.58. The Kier molecular flexibility index (Phi) is 4.97. The van der Waals surface area contributed by atoms with E-state index in [1.165, 1.54) is 0 Å². The predicted octanol–water partition coefficient (Wildman–Crippen LogP) is 3.05. The summed E-state index contributed by atoms with van der Waals surface area (Å²) in [6.07, 6.45) is 5.64. The third kappa shape index (κ3) is 2.98. The maximum atomic E-state index is 12.6. The van der Waals surface area contributed by atoms with Gasteiger partial charge in [0.25, 0.3) is 0 Å². The molecule has 0 radical (unpaired) electrons. The van der Waals surface area contributed by atoms with Gasteiger partial charge in [-0.15, -0.1) is 0 Å². The number of carboxylic acid groups (broad SMARTS) is 1. The van der Waals surface area contributed by atoms with E-state index >= 15 is 0 Å². The Balaban J connectivity index is 2.03. The lowest BCUT2D eigenvalue weighted by Crippen LogP contribution is -2.57. The Morgan fingerprint density at radius 1 is 1.25 bits per heavy atom. The van der Waals surface area contributed by atoms with Crippen molar-refractivity contribution in [3.05, 3.63) is 35.9 Å². The third-order valence-corrected chi connectivity index (χ3v) is 6.17. The Morgan fingerprint density at radius 2 is 1.92 bits per heavy atom. The van der Waals surface area contributed by atoms with Gasteiger partial charge in [0.2, 0.25) is 0 Å².